The average molecular weight is 250 g/mol. The Morgan fingerprint density at radius 1 is 1.29 bits per heavy atom. The van der Waals surface area contributed by atoms with E-state index in [0.29, 0.717) is 6.04 Å². The van der Waals surface area contributed by atoms with E-state index in [2.05, 4.69) is 30.3 Å². The second-order valence-corrected chi connectivity index (χ2v) is 4.78. The van der Waals surface area contributed by atoms with Crippen LogP contribution >= 0.6 is 11.6 Å². The molecule has 0 amide bonds. The Hall–Kier alpha value is -0.970. The minimum absolute atomic E-state index is 0.488. The van der Waals surface area contributed by atoms with Crippen LogP contribution in [-0.4, -0.2) is 12.6 Å². The summed E-state index contributed by atoms with van der Waals surface area (Å²) in [6.07, 6.45) is 9.38. The van der Waals surface area contributed by atoms with Crippen molar-refractivity contribution in [2.45, 2.75) is 38.6 Å². The summed E-state index contributed by atoms with van der Waals surface area (Å²) in [7, 11) is 0. The SMILES string of the molecule is C#CCCCCNC(C)Cc1ccc(Cl)cc1. The van der Waals surface area contributed by atoms with Gasteiger partial charge in [-0.25, -0.2) is 0 Å². The number of halogens is 1. The van der Waals surface area contributed by atoms with Crippen LogP contribution in [0.25, 0.3) is 0 Å². The molecule has 0 spiro atoms. The lowest BCUT2D eigenvalue weighted by Crippen LogP contribution is -2.28. The molecule has 1 atom stereocenters. The molecule has 0 aliphatic heterocycles. The zero-order valence-electron chi connectivity index (χ0n) is 10.4. The van der Waals surface area contributed by atoms with Crippen molar-refractivity contribution in [1.29, 1.82) is 0 Å². The monoisotopic (exact) mass is 249 g/mol. The van der Waals surface area contributed by atoms with E-state index in [4.69, 9.17) is 18.0 Å². The highest BCUT2D eigenvalue weighted by Gasteiger charge is 2.02. The minimum atomic E-state index is 0.488. The lowest BCUT2D eigenvalue weighted by Gasteiger charge is -2.13. The molecule has 0 heterocycles. The van der Waals surface area contributed by atoms with Crippen molar-refractivity contribution in [2.24, 2.45) is 0 Å². The van der Waals surface area contributed by atoms with Gasteiger partial charge >= 0.3 is 0 Å². The normalized spacial score (nSPS) is 12.1. The quantitative estimate of drug-likeness (QED) is 0.574. The highest BCUT2D eigenvalue weighted by Crippen LogP contribution is 2.11. The van der Waals surface area contributed by atoms with Crippen molar-refractivity contribution in [3.05, 3.63) is 34.9 Å². The molecule has 1 aromatic carbocycles. The third-order valence-electron chi connectivity index (χ3n) is 2.70. The molecule has 0 fully saturated rings. The number of hydrogen-bond acceptors (Lipinski definition) is 1. The van der Waals surface area contributed by atoms with Crippen molar-refractivity contribution in [1.82, 2.24) is 5.32 Å². The van der Waals surface area contributed by atoms with Crippen molar-refractivity contribution >= 4 is 11.6 Å². The summed E-state index contributed by atoms with van der Waals surface area (Å²) in [6, 6.07) is 8.53. The van der Waals surface area contributed by atoms with Crippen molar-refractivity contribution in [2.75, 3.05) is 6.54 Å². The maximum atomic E-state index is 5.85. The van der Waals surface area contributed by atoms with Crippen LogP contribution in [0.1, 0.15) is 31.7 Å². The molecule has 17 heavy (non-hydrogen) atoms. The van der Waals surface area contributed by atoms with E-state index >= 15 is 0 Å². The first-order valence-corrected chi connectivity index (χ1v) is 6.51. The topological polar surface area (TPSA) is 12.0 Å². The highest BCUT2D eigenvalue weighted by atomic mass is 35.5. The van der Waals surface area contributed by atoms with Gasteiger partial charge in [0.25, 0.3) is 0 Å². The summed E-state index contributed by atoms with van der Waals surface area (Å²) < 4.78 is 0. The second-order valence-electron chi connectivity index (χ2n) is 4.35. The Morgan fingerprint density at radius 3 is 2.65 bits per heavy atom. The third-order valence-corrected chi connectivity index (χ3v) is 2.95. The summed E-state index contributed by atoms with van der Waals surface area (Å²) in [6.45, 7) is 3.24. The van der Waals surface area contributed by atoms with E-state index in [0.717, 1.165) is 37.3 Å². The summed E-state index contributed by atoms with van der Waals surface area (Å²) in [5.74, 6) is 2.66. The second kappa shape index (κ2) is 8.17. The van der Waals surface area contributed by atoms with Crippen LogP contribution in [0.5, 0.6) is 0 Å². The van der Waals surface area contributed by atoms with Crippen LogP contribution in [-0.2, 0) is 6.42 Å². The molecule has 2 heteroatoms. The maximum absolute atomic E-state index is 5.85. The first kappa shape index (κ1) is 14.1. The molecule has 1 unspecified atom stereocenters. The Labute approximate surface area is 110 Å². The number of rotatable bonds is 7. The van der Waals surface area contributed by atoms with Gasteiger partial charge in [-0.05, 0) is 50.4 Å². The molecular weight excluding hydrogens is 230 g/mol. The average Bonchev–Trinajstić information content (AvgIpc) is 2.32. The zero-order valence-corrected chi connectivity index (χ0v) is 11.1. The van der Waals surface area contributed by atoms with E-state index in [1.807, 2.05) is 12.1 Å². The molecule has 0 aromatic heterocycles. The number of benzene rings is 1. The molecule has 1 nitrogen and oxygen atoms in total. The number of unbranched alkanes of at least 4 members (excludes halogenated alkanes) is 2. The number of terminal acetylenes is 1. The van der Waals surface area contributed by atoms with Crippen molar-refractivity contribution in [3.8, 4) is 12.3 Å². The van der Waals surface area contributed by atoms with Gasteiger partial charge in [0.15, 0.2) is 0 Å². The lowest BCUT2D eigenvalue weighted by atomic mass is 10.1. The summed E-state index contributed by atoms with van der Waals surface area (Å²) >= 11 is 5.85. The molecule has 0 bridgehead atoms. The summed E-state index contributed by atoms with van der Waals surface area (Å²) in [5, 5.41) is 4.30. The van der Waals surface area contributed by atoms with Crippen LogP contribution in [0.15, 0.2) is 24.3 Å². The Balaban J connectivity index is 2.18. The van der Waals surface area contributed by atoms with E-state index in [1.165, 1.54) is 5.56 Å². The van der Waals surface area contributed by atoms with E-state index in [9.17, 15) is 0 Å². The predicted molar refractivity (Wildman–Crippen MR) is 75.3 cm³/mol. The van der Waals surface area contributed by atoms with Gasteiger partial charge in [-0.3, -0.25) is 0 Å². The van der Waals surface area contributed by atoms with Crippen LogP contribution in [0.2, 0.25) is 5.02 Å². The first-order valence-electron chi connectivity index (χ1n) is 6.13. The van der Waals surface area contributed by atoms with Gasteiger partial charge in [0, 0.05) is 17.5 Å². The Morgan fingerprint density at radius 2 is 2.00 bits per heavy atom. The Kier molecular flexibility index (Phi) is 6.77. The fourth-order valence-electron chi connectivity index (χ4n) is 1.75. The van der Waals surface area contributed by atoms with Crippen LogP contribution in [0.4, 0.5) is 0 Å². The molecule has 0 saturated carbocycles. The zero-order chi connectivity index (χ0) is 12.5. The van der Waals surface area contributed by atoms with Gasteiger partial charge in [0.05, 0.1) is 0 Å². The predicted octanol–water partition coefficient (Wildman–Crippen LogP) is 3.66. The third kappa shape index (κ3) is 6.36. The molecule has 1 N–H and O–H groups in total. The molecule has 0 saturated heterocycles. The van der Waals surface area contributed by atoms with Gasteiger partial charge < -0.3 is 5.32 Å². The Bertz CT molecular complexity index is 350. The highest BCUT2D eigenvalue weighted by molar-refractivity contribution is 6.30. The smallest absolute Gasteiger partial charge is 0.0406 e. The van der Waals surface area contributed by atoms with Gasteiger partial charge in [-0.2, -0.15) is 0 Å². The van der Waals surface area contributed by atoms with Gasteiger partial charge in [0.2, 0.25) is 0 Å². The maximum Gasteiger partial charge on any atom is 0.0406 e. The minimum Gasteiger partial charge on any atom is -0.314 e. The van der Waals surface area contributed by atoms with E-state index in [1.54, 1.807) is 0 Å². The molecule has 0 radical (unpaired) electrons. The van der Waals surface area contributed by atoms with Gasteiger partial charge in [-0.1, -0.05) is 23.7 Å². The molecule has 1 rings (SSSR count). The van der Waals surface area contributed by atoms with Gasteiger partial charge in [0.1, 0.15) is 0 Å². The molecule has 92 valence electrons. The standard InChI is InChI=1S/C15H20ClN/c1-3-4-5-6-11-17-13(2)12-14-7-9-15(16)10-8-14/h1,7-10,13,17H,4-6,11-12H2,2H3. The van der Waals surface area contributed by atoms with E-state index in [-0.39, 0.29) is 0 Å². The summed E-state index contributed by atoms with van der Waals surface area (Å²) in [4.78, 5) is 0. The number of hydrogen-bond donors (Lipinski definition) is 1. The number of nitrogens with one attached hydrogen (secondary N) is 1. The summed E-state index contributed by atoms with van der Waals surface area (Å²) in [5.41, 5.74) is 1.32. The van der Waals surface area contributed by atoms with Crippen molar-refractivity contribution in [3.63, 3.8) is 0 Å². The van der Waals surface area contributed by atoms with Crippen LogP contribution in [0, 0.1) is 12.3 Å². The van der Waals surface area contributed by atoms with E-state index < -0.39 is 0 Å². The van der Waals surface area contributed by atoms with Crippen LogP contribution in [0.3, 0.4) is 0 Å². The fraction of sp³-hybridized carbons (Fsp3) is 0.467. The first-order chi connectivity index (χ1) is 8.22. The van der Waals surface area contributed by atoms with Gasteiger partial charge in [-0.15, -0.1) is 12.3 Å². The molecule has 0 aliphatic rings. The van der Waals surface area contributed by atoms with Crippen molar-refractivity contribution < 1.29 is 0 Å². The molecule has 0 aliphatic carbocycles. The fourth-order valence-corrected chi connectivity index (χ4v) is 1.87. The largest absolute Gasteiger partial charge is 0.314 e. The van der Waals surface area contributed by atoms with Crippen LogP contribution < -0.4 is 5.32 Å². The lowest BCUT2D eigenvalue weighted by molar-refractivity contribution is 0.527. The molecular formula is C15H20ClN. The molecule has 1 aromatic rings.